The Labute approximate surface area is 115 Å². The van der Waals surface area contributed by atoms with Crippen molar-refractivity contribution < 1.29 is 4.79 Å². The number of carbonyl (C=O) groups is 1. The maximum Gasteiger partial charge on any atom is 0.251 e. The highest BCUT2D eigenvalue weighted by molar-refractivity contribution is 5.94. The highest BCUT2D eigenvalue weighted by atomic mass is 16.1. The van der Waals surface area contributed by atoms with Crippen LogP contribution in [0.3, 0.4) is 0 Å². The molecule has 2 rings (SSSR count). The Morgan fingerprint density at radius 2 is 2.05 bits per heavy atom. The number of benzene rings is 1. The van der Waals surface area contributed by atoms with Gasteiger partial charge in [0.1, 0.15) is 0 Å². The molecule has 3 heteroatoms. The molecule has 0 heterocycles. The van der Waals surface area contributed by atoms with Gasteiger partial charge in [0.2, 0.25) is 0 Å². The molecule has 0 radical (unpaired) electrons. The second kappa shape index (κ2) is 5.64. The number of anilines is 1. The van der Waals surface area contributed by atoms with E-state index in [1.807, 2.05) is 6.07 Å². The normalized spacial score (nSPS) is 19.1. The maximum absolute atomic E-state index is 12.0. The SMILES string of the molecule is CC1(C)CCC(CNC(=O)c2cccc(N)c2)CC1. The van der Waals surface area contributed by atoms with Crippen LogP contribution in [0.15, 0.2) is 24.3 Å². The fraction of sp³-hybridized carbons (Fsp3) is 0.562. The molecule has 0 aromatic heterocycles. The highest BCUT2D eigenvalue weighted by Crippen LogP contribution is 2.37. The van der Waals surface area contributed by atoms with E-state index in [4.69, 9.17) is 5.73 Å². The molecule has 19 heavy (non-hydrogen) atoms. The second-order valence-electron chi connectivity index (χ2n) is 6.44. The molecule has 0 atom stereocenters. The summed E-state index contributed by atoms with van der Waals surface area (Å²) in [6.07, 6.45) is 4.94. The maximum atomic E-state index is 12.0. The van der Waals surface area contributed by atoms with Crippen LogP contribution in [0, 0.1) is 11.3 Å². The van der Waals surface area contributed by atoms with E-state index >= 15 is 0 Å². The number of carbonyl (C=O) groups excluding carboxylic acids is 1. The van der Waals surface area contributed by atoms with Gasteiger partial charge in [-0.3, -0.25) is 4.79 Å². The zero-order chi connectivity index (χ0) is 13.9. The summed E-state index contributed by atoms with van der Waals surface area (Å²) in [7, 11) is 0. The molecular formula is C16H24N2O. The third kappa shape index (κ3) is 3.98. The number of rotatable bonds is 3. The minimum atomic E-state index is -0.0165. The van der Waals surface area contributed by atoms with E-state index in [2.05, 4.69) is 19.2 Å². The summed E-state index contributed by atoms with van der Waals surface area (Å²) in [6.45, 7) is 5.44. The van der Waals surface area contributed by atoms with Crippen LogP contribution in [-0.2, 0) is 0 Å². The van der Waals surface area contributed by atoms with Crippen molar-refractivity contribution in [3.05, 3.63) is 29.8 Å². The molecule has 1 amide bonds. The molecule has 3 N–H and O–H groups in total. The van der Waals surface area contributed by atoms with Crippen LogP contribution < -0.4 is 11.1 Å². The molecular weight excluding hydrogens is 236 g/mol. The minimum absolute atomic E-state index is 0.0165. The van der Waals surface area contributed by atoms with Gasteiger partial charge in [-0.05, 0) is 55.2 Å². The molecule has 1 saturated carbocycles. The lowest BCUT2D eigenvalue weighted by Gasteiger charge is -2.34. The summed E-state index contributed by atoms with van der Waals surface area (Å²) in [4.78, 5) is 12.0. The number of nitrogens with two attached hydrogens (primary N) is 1. The second-order valence-corrected chi connectivity index (χ2v) is 6.44. The van der Waals surface area contributed by atoms with Crippen molar-refractivity contribution in [2.75, 3.05) is 12.3 Å². The Morgan fingerprint density at radius 1 is 1.37 bits per heavy atom. The van der Waals surface area contributed by atoms with Gasteiger partial charge in [-0.1, -0.05) is 19.9 Å². The van der Waals surface area contributed by atoms with Gasteiger partial charge >= 0.3 is 0 Å². The summed E-state index contributed by atoms with van der Waals surface area (Å²) in [5, 5.41) is 3.03. The fourth-order valence-electron chi connectivity index (χ4n) is 2.68. The van der Waals surface area contributed by atoms with Crippen LogP contribution in [0.25, 0.3) is 0 Å². The van der Waals surface area contributed by atoms with Gasteiger partial charge in [-0.15, -0.1) is 0 Å². The third-order valence-electron chi connectivity index (χ3n) is 4.16. The quantitative estimate of drug-likeness (QED) is 0.820. The van der Waals surface area contributed by atoms with E-state index in [1.54, 1.807) is 18.2 Å². The fourth-order valence-corrected chi connectivity index (χ4v) is 2.68. The molecule has 0 spiro atoms. The smallest absolute Gasteiger partial charge is 0.251 e. The lowest BCUT2D eigenvalue weighted by Crippen LogP contribution is -2.32. The van der Waals surface area contributed by atoms with Crippen LogP contribution in [0.1, 0.15) is 49.9 Å². The molecule has 0 bridgehead atoms. The van der Waals surface area contributed by atoms with Crippen molar-refractivity contribution in [2.45, 2.75) is 39.5 Å². The van der Waals surface area contributed by atoms with E-state index in [-0.39, 0.29) is 5.91 Å². The predicted molar refractivity (Wildman–Crippen MR) is 78.9 cm³/mol. The summed E-state index contributed by atoms with van der Waals surface area (Å²) < 4.78 is 0. The summed E-state index contributed by atoms with van der Waals surface area (Å²) >= 11 is 0. The van der Waals surface area contributed by atoms with E-state index < -0.39 is 0 Å². The average Bonchev–Trinajstić information content (AvgIpc) is 2.37. The monoisotopic (exact) mass is 260 g/mol. The molecule has 1 aromatic carbocycles. The van der Waals surface area contributed by atoms with Crippen molar-refractivity contribution in [3.63, 3.8) is 0 Å². The van der Waals surface area contributed by atoms with Gasteiger partial charge in [0.05, 0.1) is 0 Å². The third-order valence-corrected chi connectivity index (χ3v) is 4.16. The summed E-state index contributed by atoms with van der Waals surface area (Å²) in [5.41, 5.74) is 7.45. The first-order valence-electron chi connectivity index (χ1n) is 7.10. The zero-order valence-corrected chi connectivity index (χ0v) is 11.9. The van der Waals surface area contributed by atoms with Crippen LogP contribution in [0.5, 0.6) is 0 Å². The topological polar surface area (TPSA) is 55.1 Å². The van der Waals surface area contributed by atoms with Crippen LogP contribution in [-0.4, -0.2) is 12.5 Å². The number of nitrogen functional groups attached to an aromatic ring is 1. The molecule has 1 aliphatic carbocycles. The Hall–Kier alpha value is -1.51. The van der Waals surface area contributed by atoms with Gasteiger partial charge in [0.25, 0.3) is 5.91 Å². The Kier molecular flexibility index (Phi) is 4.13. The minimum Gasteiger partial charge on any atom is -0.399 e. The Bertz CT molecular complexity index is 444. The lowest BCUT2D eigenvalue weighted by atomic mass is 9.73. The van der Waals surface area contributed by atoms with E-state index in [9.17, 15) is 4.79 Å². The highest BCUT2D eigenvalue weighted by Gasteiger charge is 2.26. The number of hydrogen-bond donors (Lipinski definition) is 2. The van der Waals surface area contributed by atoms with Gasteiger partial charge in [-0.2, -0.15) is 0 Å². The van der Waals surface area contributed by atoms with E-state index in [0.717, 1.165) is 6.54 Å². The van der Waals surface area contributed by atoms with Gasteiger partial charge < -0.3 is 11.1 Å². The van der Waals surface area contributed by atoms with Crippen molar-refractivity contribution >= 4 is 11.6 Å². The molecule has 0 saturated heterocycles. The van der Waals surface area contributed by atoms with Crippen molar-refractivity contribution in [1.82, 2.24) is 5.32 Å². The van der Waals surface area contributed by atoms with E-state index in [0.29, 0.717) is 22.6 Å². The molecule has 0 aliphatic heterocycles. The number of amides is 1. The van der Waals surface area contributed by atoms with Gasteiger partial charge in [0.15, 0.2) is 0 Å². The molecule has 1 aliphatic rings. The predicted octanol–water partition coefficient (Wildman–Crippen LogP) is 3.22. The first-order valence-corrected chi connectivity index (χ1v) is 7.10. The molecule has 0 unspecified atom stereocenters. The zero-order valence-electron chi connectivity index (χ0n) is 11.9. The standard InChI is InChI=1S/C16H24N2O/c1-16(2)8-6-12(7-9-16)11-18-15(19)13-4-3-5-14(17)10-13/h3-5,10,12H,6-9,11,17H2,1-2H3,(H,18,19). The molecule has 1 fully saturated rings. The lowest BCUT2D eigenvalue weighted by molar-refractivity contribution is 0.0936. The summed E-state index contributed by atoms with van der Waals surface area (Å²) in [6, 6.07) is 7.13. The van der Waals surface area contributed by atoms with Crippen LogP contribution in [0.4, 0.5) is 5.69 Å². The average molecular weight is 260 g/mol. The van der Waals surface area contributed by atoms with Crippen LogP contribution >= 0.6 is 0 Å². The first kappa shape index (κ1) is 13.9. The molecule has 104 valence electrons. The van der Waals surface area contributed by atoms with Crippen molar-refractivity contribution in [1.29, 1.82) is 0 Å². The van der Waals surface area contributed by atoms with Crippen molar-refractivity contribution in [3.8, 4) is 0 Å². The number of nitrogens with one attached hydrogen (secondary N) is 1. The van der Waals surface area contributed by atoms with Gasteiger partial charge in [-0.25, -0.2) is 0 Å². The largest absolute Gasteiger partial charge is 0.399 e. The van der Waals surface area contributed by atoms with Crippen LogP contribution in [0.2, 0.25) is 0 Å². The number of hydrogen-bond acceptors (Lipinski definition) is 2. The van der Waals surface area contributed by atoms with Gasteiger partial charge in [0, 0.05) is 17.8 Å². The molecule has 3 nitrogen and oxygen atoms in total. The first-order chi connectivity index (χ1) is 8.96. The van der Waals surface area contributed by atoms with E-state index in [1.165, 1.54) is 25.7 Å². The van der Waals surface area contributed by atoms with Crippen molar-refractivity contribution in [2.24, 2.45) is 11.3 Å². The Balaban J connectivity index is 1.81. The molecule has 1 aromatic rings. The summed E-state index contributed by atoms with van der Waals surface area (Å²) in [5.74, 6) is 0.607. The Morgan fingerprint density at radius 3 is 2.68 bits per heavy atom.